The Bertz CT molecular complexity index is 1340. The molecule has 1 saturated heterocycles. The van der Waals surface area contributed by atoms with Crippen LogP contribution in [0.4, 0.5) is 11.6 Å². The first-order valence-electron chi connectivity index (χ1n) is 11.3. The summed E-state index contributed by atoms with van der Waals surface area (Å²) in [4.78, 5) is 27.7. The van der Waals surface area contributed by atoms with E-state index in [1.165, 1.54) is 17.7 Å². The molecule has 0 radical (unpaired) electrons. The third kappa shape index (κ3) is 4.34. The summed E-state index contributed by atoms with van der Waals surface area (Å²) in [6.45, 7) is 2.30. The minimum atomic E-state index is -0.0928. The molecule has 1 aromatic carbocycles. The lowest BCUT2D eigenvalue weighted by atomic mass is 10.2. The summed E-state index contributed by atoms with van der Waals surface area (Å²) in [6.07, 6.45) is 5.40. The maximum Gasteiger partial charge on any atom is 0.252 e. The lowest BCUT2D eigenvalue weighted by Crippen LogP contribution is -2.21. The van der Waals surface area contributed by atoms with Crippen LogP contribution in [-0.4, -0.2) is 38.7 Å². The zero-order chi connectivity index (χ0) is 22.2. The third-order valence-corrected chi connectivity index (χ3v) is 7.11. The number of aromatic nitrogens is 4. The van der Waals surface area contributed by atoms with Crippen molar-refractivity contribution in [2.24, 2.45) is 0 Å². The van der Waals surface area contributed by atoms with Crippen molar-refractivity contribution in [3.63, 3.8) is 0 Å². The number of pyridine rings is 1. The van der Waals surface area contributed by atoms with Crippen molar-refractivity contribution < 1.29 is 4.74 Å². The summed E-state index contributed by atoms with van der Waals surface area (Å²) in [5.74, 6) is 1.88. The van der Waals surface area contributed by atoms with Crippen molar-refractivity contribution in [2.75, 3.05) is 18.4 Å². The molecule has 1 aliphatic heterocycles. The smallest absolute Gasteiger partial charge is 0.252 e. The van der Waals surface area contributed by atoms with Gasteiger partial charge in [0, 0.05) is 34.8 Å². The number of rotatable bonds is 7. The zero-order valence-electron chi connectivity index (χ0n) is 18.0. The van der Waals surface area contributed by atoms with Gasteiger partial charge in [-0.15, -0.1) is 11.3 Å². The fourth-order valence-corrected chi connectivity index (χ4v) is 5.15. The molecule has 0 amide bonds. The number of anilines is 2. The fraction of sp³-hybridized carbons (Fsp3) is 0.333. The van der Waals surface area contributed by atoms with Gasteiger partial charge in [0.1, 0.15) is 17.5 Å². The fourth-order valence-electron chi connectivity index (χ4n) is 4.18. The van der Waals surface area contributed by atoms with E-state index in [9.17, 15) is 4.79 Å². The molecule has 1 unspecified atom stereocenters. The average molecular weight is 461 g/mol. The quantitative estimate of drug-likeness (QED) is 0.435. The Balaban J connectivity index is 1.25. The van der Waals surface area contributed by atoms with E-state index in [4.69, 9.17) is 4.74 Å². The topological polar surface area (TPSA) is 94.0 Å². The highest BCUT2D eigenvalue weighted by atomic mass is 32.1. The molecule has 8 nitrogen and oxygen atoms in total. The standard InChI is InChI=1S/C24H24N6O2S/c31-21-8-3-16-11-26-24(28-17-4-6-18(7-5-17)32-19-9-10-25-12-19)29-23(16)30(21)13-20-22(15-1-2-15)33-14-27-20/h3-8,11,14-15,19,25H,1-2,9-10,12-13H2,(H,26,28,29). The lowest BCUT2D eigenvalue weighted by molar-refractivity contribution is 0.223. The molecule has 0 spiro atoms. The normalized spacial score (nSPS) is 18.0. The van der Waals surface area contributed by atoms with Crippen LogP contribution >= 0.6 is 11.3 Å². The Kier molecular flexibility index (Phi) is 5.27. The van der Waals surface area contributed by atoms with E-state index in [0.29, 0.717) is 24.1 Å². The number of nitrogens with zero attached hydrogens (tertiary/aromatic N) is 4. The van der Waals surface area contributed by atoms with Gasteiger partial charge in [-0.1, -0.05) is 0 Å². The molecule has 6 rings (SSSR count). The molecule has 33 heavy (non-hydrogen) atoms. The molecule has 168 valence electrons. The Morgan fingerprint density at radius 2 is 2.00 bits per heavy atom. The summed E-state index contributed by atoms with van der Waals surface area (Å²) in [7, 11) is 0. The van der Waals surface area contributed by atoms with Gasteiger partial charge in [-0.2, -0.15) is 4.98 Å². The van der Waals surface area contributed by atoms with Crippen molar-refractivity contribution in [3.8, 4) is 5.75 Å². The van der Waals surface area contributed by atoms with Crippen molar-refractivity contribution in [2.45, 2.75) is 37.8 Å². The molecule has 0 bridgehead atoms. The number of hydrogen-bond donors (Lipinski definition) is 2. The van der Waals surface area contributed by atoms with Gasteiger partial charge in [0.15, 0.2) is 0 Å². The van der Waals surface area contributed by atoms with Crippen LogP contribution in [0.2, 0.25) is 0 Å². The van der Waals surface area contributed by atoms with E-state index in [1.54, 1.807) is 34.2 Å². The summed E-state index contributed by atoms with van der Waals surface area (Å²) >= 11 is 1.68. The molecule has 4 aromatic rings. The second-order valence-electron chi connectivity index (χ2n) is 8.55. The zero-order valence-corrected chi connectivity index (χ0v) is 18.8. The summed E-state index contributed by atoms with van der Waals surface area (Å²) in [5, 5.41) is 7.36. The Morgan fingerprint density at radius 3 is 2.79 bits per heavy atom. The van der Waals surface area contributed by atoms with Gasteiger partial charge in [0.25, 0.3) is 5.56 Å². The van der Waals surface area contributed by atoms with Crippen molar-refractivity contribution >= 4 is 34.0 Å². The number of hydrogen-bond acceptors (Lipinski definition) is 8. The first kappa shape index (κ1) is 20.3. The van der Waals surface area contributed by atoms with Gasteiger partial charge in [0.05, 0.1) is 17.7 Å². The number of fused-ring (bicyclic) bond motifs is 1. The number of nitrogens with one attached hydrogen (secondary N) is 2. The summed E-state index contributed by atoms with van der Waals surface area (Å²) in [5.41, 5.74) is 4.20. The predicted octanol–water partition coefficient (Wildman–Crippen LogP) is 3.66. The van der Waals surface area contributed by atoms with Crippen LogP contribution in [0, 0.1) is 0 Å². The molecule has 1 atom stereocenters. The highest BCUT2D eigenvalue weighted by molar-refractivity contribution is 7.09. The van der Waals surface area contributed by atoms with Gasteiger partial charge in [0.2, 0.25) is 5.95 Å². The Morgan fingerprint density at radius 1 is 1.12 bits per heavy atom. The summed E-state index contributed by atoms with van der Waals surface area (Å²) in [6, 6.07) is 11.1. The maximum atomic E-state index is 12.7. The van der Waals surface area contributed by atoms with E-state index >= 15 is 0 Å². The molecule has 1 saturated carbocycles. The van der Waals surface area contributed by atoms with Gasteiger partial charge < -0.3 is 15.4 Å². The average Bonchev–Trinajstić information content (AvgIpc) is 3.34. The molecule has 2 fully saturated rings. The van der Waals surface area contributed by atoms with Gasteiger partial charge in [-0.3, -0.25) is 9.36 Å². The monoisotopic (exact) mass is 460 g/mol. The summed E-state index contributed by atoms with van der Waals surface area (Å²) < 4.78 is 7.67. The first-order valence-corrected chi connectivity index (χ1v) is 12.1. The minimum Gasteiger partial charge on any atom is -0.489 e. The van der Waals surface area contributed by atoms with Gasteiger partial charge in [-0.25, -0.2) is 9.97 Å². The van der Waals surface area contributed by atoms with Crippen LogP contribution < -0.4 is 20.9 Å². The minimum absolute atomic E-state index is 0.0928. The second kappa shape index (κ2) is 8.57. The SMILES string of the molecule is O=c1ccc2cnc(Nc3ccc(OC4CCNC4)cc3)nc2n1Cc1ncsc1C1CC1. The molecular formula is C24H24N6O2S. The maximum absolute atomic E-state index is 12.7. The molecule has 9 heteroatoms. The second-order valence-corrected chi connectivity index (χ2v) is 9.44. The largest absolute Gasteiger partial charge is 0.489 e. The molecular weight excluding hydrogens is 436 g/mol. The van der Waals surface area contributed by atoms with Crippen LogP contribution in [-0.2, 0) is 6.54 Å². The van der Waals surface area contributed by atoms with Crippen LogP contribution in [0.1, 0.15) is 35.8 Å². The highest BCUT2D eigenvalue weighted by Crippen LogP contribution is 2.43. The molecule has 1 aliphatic carbocycles. The molecule has 2 N–H and O–H groups in total. The number of benzene rings is 1. The van der Waals surface area contributed by atoms with Crippen LogP contribution in [0.25, 0.3) is 11.0 Å². The van der Waals surface area contributed by atoms with Crippen LogP contribution in [0.3, 0.4) is 0 Å². The van der Waals surface area contributed by atoms with Crippen molar-refractivity contribution in [1.29, 1.82) is 0 Å². The lowest BCUT2D eigenvalue weighted by Gasteiger charge is -2.13. The van der Waals surface area contributed by atoms with Crippen molar-refractivity contribution in [3.05, 3.63) is 69.0 Å². The first-order chi connectivity index (χ1) is 16.2. The van der Waals surface area contributed by atoms with Gasteiger partial charge in [-0.05, 0) is 62.1 Å². The van der Waals surface area contributed by atoms with Crippen molar-refractivity contribution in [1.82, 2.24) is 24.8 Å². The van der Waals surface area contributed by atoms with Gasteiger partial charge >= 0.3 is 0 Å². The van der Waals surface area contributed by atoms with E-state index in [0.717, 1.165) is 42.0 Å². The molecule has 2 aliphatic rings. The molecule has 3 aromatic heterocycles. The van der Waals surface area contributed by atoms with E-state index in [-0.39, 0.29) is 11.7 Å². The highest BCUT2D eigenvalue weighted by Gasteiger charge is 2.28. The number of thiazole rings is 1. The predicted molar refractivity (Wildman–Crippen MR) is 129 cm³/mol. The Labute approximate surface area is 194 Å². The Hall–Kier alpha value is -3.30. The number of ether oxygens (including phenoxy) is 1. The van der Waals surface area contributed by atoms with E-state index < -0.39 is 0 Å². The van der Waals surface area contributed by atoms with Crippen LogP contribution in [0.15, 0.2) is 52.9 Å². The van der Waals surface area contributed by atoms with E-state index in [2.05, 4.69) is 25.6 Å². The van der Waals surface area contributed by atoms with E-state index in [1.807, 2.05) is 29.8 Å². The third-order valence-electron chi connectivity index (χ3n) is 6.08. The molecule has 4 heterocycles. The van der Waals surface area contributed by atoms with Crippen LogP contribution in [0.5, 0.6) is 5.75 Å².